The second-order valence-corrected chi connectivity index (χ2v) is 6.27. The first kappa shape index (κ1) is 24.8. The molecule has 1 amide bonds. The Hall–Kier alpha value is -1.22. The van der Waals surface area contributed by atoms with Gasteiger partial charge >= 0.3 is 0 Å². The number of carbonyl (C=O) groups is 1. The highest BCUT2D eigenvalue weighted by Crippen LogP contribution is 2.22. The fourth-order valence-corrected chi connectivity index (χ4v) is 2.28. The van der Waals surface area contributed by atoms with E-state index in [0.29, 0.717) is 17.5 Å². The summed E-state index contributed by atoms with van der Waals surface area (Å²) in [6.45, 7) is 3.74. The lowest BCUT2D eigenvalue weighted by Crippen LogP contribution is -2.40. The highest BCUT2D eigenvalue weighted by molar-refractivity contribution is 14.0. The Kier molecular flexibility index (Phi) is 13.3. The SMILES string of the molecule is CCCCNC(=NCC(=O)N(C)C)NCCc1ccc(OC)cc1Cl.I. The van der Waals surface area contributed by atoms with Gasteiger partial charge < -0.3 is 20.3 Å². The zero-order valence-corrected chi connectivity index (χ0v) is 19.1. The van der Waals surface area contributed by atoms with E-state index in [-0.39, 0.29) is 36.4 Å². The maximum atomic E-state index is 11.7. The van der Waals surface area contributed by atoms with Crippen LogP contribution in [-0.2, 0) is 11.2 Å². The second-order valence-electron chi connectivity index (χ2n) is 5.87. The molecule has 0 aliphatic heterocycles. The fourth-order valence-electron chi connectivity index (χ4n) is 2.02. The molecule has 0 saturated carbocycles. The molecule has 2 N–H and O–H groups in total. The van der Waals surface area contributed by atoms with Crippen LogP contribution in [0.1, 0.15) is 25.3 Å². The van der Waals surface area contributed by atoms with Gasteiger partial charge in [0.25, 0.3) is 0 Å². The van der Waals surface area contributed by atoms with Crippen molar-refractivity contribution in [1.82, 2.24) is 15.5 Å². The molecule has 0 aromatic heterocycles. The monoisotopic (exact) mass is 496 g/mol. The van der Waals surface area contributed by atoms with Crippen molar-refractivity contribution < 1.29 is 9.53 Å². The van der Waals surface area contributed by atoms with E-state index in [0.717, 1.165) is 37.1 Å². The lowest BCUT2D eigenvalue weighted by molar-refractivity contribution is -0.127. The molecule has 0 bridgehead atoms. The van der Waals surface area contributed by atoms with Crippen molar-refractivity contribution in [3.05, 3.63) is 28.8 Å². The molecular weight excluding hydrogens is 467 g/mol. The third-order valence-electron chi connectivity index (χ3n) is 3.64. The van der Waals surface area contributed by atoms with E-state index >= 15 is 0 Å². The van der Waals surface area contributed by atoms with E-state index < -0.39 is 0 Å². The van der Waals surface area contributed by atoms with Crippen LogP contribution in [0, 0.1) is 0 Å². The number of hydrogen-bond donors (Lipinski definition) is 2. The Morgan fingerprint density at radius 3 is 2.54 bits per heavy atom. The van der Waals surface area contributed by atoms with Crippen molar-refractivity contribution in [3.8, 4) is 5.75 Å². The van der Waals surface area contributed by atoms with E-state index in [1.807, 2.05) is 12.1 Å². The predicted octanol–water partition coefficient (Wildman–Crippen LogP) is 2.93. The molecule has 0 spiro atoms. The Bertz CT molecular complexity index is 582. The summed E-state index contributed by atoms with van der Waals surface area (Å²) in [5.74, 6) is 1.36. The third kappa shape index (κ3) is 9.47. The third-order valence-corrected chi connectivity index (χ3v) is 3.99. The average Bonchev–Trinajstić information content (AvgIpc) is 2.60. The predicted molar refractivity (Wildman–Crippen MR) is 119 cm³/mol. The van der Waals surface area contributed by atoms with Gasteiger partial charge in [0.15, 0.2) is 5.96 Å². The van der Waals surface area contributed by atoms with Crippen molar-refractivity contribution >= 4 is 47.4 Å². The molecule has 6 nitrogen and oxygen atoms in total. The summed E-state index contributed by atoms with van der Waals surface area (Å²) in [5.41, 5.74) is 1.03. The number of nitrogens with zero attached hydrogens (tertiary/aromatic N) is 2. The Labute approximate surface area is 178 Å². The van der Waals surface area contributed by atoms with Gasteiger partial charge in [-0.1, -0.05) is 31.0 Å². The number of amides is 1. The first-order chi connectivity index (χ1) is 12.0. The van der Waals surface area contributed by atoms with Crippen molar-refractivity contribution in [1.29, 1.82) is 0 Å². The topological polar surface area (TPSA) is 66.0 Å². The van der Waals surface area contributed by atoms with E-state index in [4.69, 9.17) is 16.3 Å². The molecule has 0 unspecified atom stereocenters. The zero-order chi connectivity index (χ0) is 18.7. The van der Waals surface area contributed by atoms with Crippen LogP contribution in [0.4, 0.5) is 0 Å². The number of aliphatic imine (C=N–C) groups is 1. The highest BCUT2D eigenvalue weighted by atomic mass is 127. The standard InChI is InChI=1S/C18H29ClN4O2.HI/c1-5-6-10-20-18(22-13-17(24)23(2)3)21-11-9-14-7-8-15(25-4)12-16(14)19;/h7-8,12H,5-6,9-11,13H2,1-4H3,(H2,20,21,22);1H. The quantitative estimate of drug-likeness (QED) is 0.239. The van der Waals surface area contributed by atoms with Crippen molar-refractivity contribution in [2.24, 2.45) is 4.99 Å². The molecule has 1 rings (SSSR count). The van der Waals surface area contributed by atoms with Gasteiger partial charge in [-0.2, -0.15) is 0 Å². The molecule has 8 heteroatoms. The molecular formula is C18H30ClIN4O2. The van der Waals surface area contributed by atoms with Gasteiger partial charge in [0.05, 0.1) is 7.11 Å². The molecule has 0 atom stereocenters. The van der Waals surface area contributed by atoms with Gasteiger partial charge in [0, 0.05) is 32.2 Å². The van der Waals surface area contributed by atoms with Gasteiger partial charge in [-0.15, -0.1) is 24.0 Å². The van der Waals surface area contributed by atoms with Crippen LogP contribution in [0.25, 0.3) is 0 Å². The Morgan fingerprint density at radius 1 is 1.27 bits per heavy atom. The molecule has 0 aliphatic rings. The number of hydrogen-bond acceptors (Lipinski definition) is 3. The minimum atomic E-state index is -0.0326. The van der Waals surface area contributed by atoms with Crippen LogP contribution in [0.3, 0.4) is 0 Å². The number of carbonyl (C=O) groups excluding carboxylic acids is 1. The molecule has 148 valence electrons. The Morgan fingerprint density at radius 2 is 1.96 bits per heavy atom. The summed E-state index contributed by atoms with van der Waals surface area (Å²) in [7, 11) is 5.06. The van der Waals surface area contributed by atoms with E-state index in [1.54, 1.807) is 27.3 Å². The molecule has 0 saturated heterocycles. The highest BCUT2D eigenvalue weighted by Gasteiger charge is 2.06. The van der Waals surface area contributed by atoms with Gasteiger partial charge in [0.2, 0.25) is 5.91 Å². The van der Waals surface area contributed by atoms with Crippen LogP contribution >= 0.6 is 35.6 Å². The Balaban J connectivity index is 0.00000625. The number of unbranched alkanes of at least 4 members (excludes halogenated alkanes) is 1. The van der Waals surface area contributed by atoms with E-state index in [9.17, 15) is 4.79 Å². The van der Waals surface area contributed by atoms with Crippen LogP contribution in [0.2, 0.25) is 5.02 Å². The normalized spacial score (nSPS) is 10.7. The van der Waals surface area contributed by atoms with Gasteiger partial charge in [-0.25, -0.2) is 4.99 Å². The summed E-state index contributed by atoms with van der Waals surface area (Å²) >= 11 is 6.26. The number of benzene rings is 1. The smallest absolute Gasteiger partial charge is 0.243 e. The molecule has 0 fully saturated rings. The molecule has 0 heterocycles. The molecule has 26 heavy (non-hydrogen) atoms. The number of guanidine groups is 1. The largest absolute Gasteiger partial charge is 0.497 e. The first-order valence-corrected chi connectivity index (χ1v) is 8.90. The van der Waals surface area contributed by atoms with Crippen LogP contribution in [-0.4, -0.2) is 57.6 Å². The molecule has 0 radical (unpaired) electrons. The molecule has 1 aromatic carbocycles. The maximum absolute atomic E-state index is 11.7. The van der Waals surface area contributed by atoms with Crippen molar-refractivity contribution in [2.75, 3.05) is 40.8 Å². The number of nitrogens with one attached hydrogen (secondary N) is 2. The first-order valence-electron chi connectivity index (χ1n) is 8.52. The number of ether oxygens (including phenoxy) is 1. The van der Waals surface area contributed by atoms with Crippen molar-refractivity contribution in [2.45, 2.75) is 26.2 Å². The fraction of sp³-hybridized carbons (Fsp3) is 0.556. The van der Waals surface area contributed by atoms with E-state index in [1.165, 1.54) is 4.90 Å². The zero-order valence-electron chi connectivity index (χ0n) is 16.0. The maximum Gasteiger partial charge on any atom is 0.243 e. The van der Waals surface area contributed by atoms with Gasteiger partial charge in [-0.05, 0) is 30.5 Å². The summed E-state index contributed by atoms with van der Waals surface area (Å²) in [5, 5.41) is 7.19. The van der Waals surface area contributed by atoms with Crippen LogP contribution in [0.5, 0.6) is 5.75 Å². The minimum absolute atomic E-state index is 0. The van der Waals surface area contributed by atoms with Crippen LogP contribution < -0.4 is 15.4 Å². The van der Waals surface area contributed by atoms with Gasteiger partial charge in [-0.3, -0.25) is 4.79 Å². The molecule has 1 aromatic rings. The summed E-state index contributed by atoms with van der Waals surface area (Å²) < 4.78 is 5.16. The number of likely N-dealkylation sites (N-methyl/N-ethyl adjacent to an activating group) is 1. The van der Waals surface area contributed by atoms with E-state index in [2.05, 4.69) is 22.5 Å². The summed E-state index contributed by atoms with van der Waals surface area (Å²) in [6, 6.07) is 5.66. The lowest BCUT2D eigenvalue weighted by Gasteiger charge is -2.14. The summed E-state index contributed by atoms with van der Waals surface area (Å²) in [6.07, 6.45) is 2.89. The number of methoxy groups -OCH3 is 1. The van der Waals surface area contributed by atoms with Crippen molar-refractivity contribution in [3.63, 3.8) is 0 Å². The second kappa shape index (κ2) is 13.9. The number of halogens is 2. The summed E-state index contributed by atoms with van der Waals surface area (Å²) in [4.78, 5) is 17.6. The average molecular weight is 497 g/mol. The minimum Gasteiger partial charge on any atom is -0.497 e. The number of rotatable bonds is 9. The van der Waals surface area contributed by atoms with Gasteiger partial charge in [0.1, 0.15) is 12.3 Å². The van der Waals surface area contributed by atoms with Crippen LogP contribution in [0.15, 0.2) is 23.2 Å². The molecule has 0 aliphatic carbocycles. The lowest BCUT2D eigenvalue weighted by atomic mass is 10.1.